The van der Waals surface area contributed by atoms with E-state index in [0.717, 1.165) is 5.56 Å². The van der Waals surface area contributed by atoms with Crippen molar-refractivity contribution < 1.29 is 9.90 Å². The lowest BCUT2D eigenvalue weighted by Gasteiger charge is -2.19. The molecule has 0 atom stereocenters. The largest absolute Gasteiger partial charge is 0.508 e. The van der Waals surface area contributed by atoms with Crippen molar-refractivity contribution in [2.75, 3.05) is 0 Å². The summed E-state index contributed by atoms with van der Waals surface area (Å²) in [5.41, 5.74) is 7.51. The number of hydrogen-bond acceptors (Lipinski definition) is 5. The first kappa shape index (κ1) is 19.4. The van der Waals surface area contributed by atoms with Gasteiger partial charge in [0.25, 0.3) is 5.91 Å². The summed E-state index contributed by atoms with van der Waals surface area (Å²) in [6, 6.07) is 13.9. The maximum atomic E-state index is 12.7. The van der Waals surface area contributed by atoms with Gasteiger partial charge in [0, 0.05) is 5.56 Å². The number of aromatic hydroxyl groups is 1. The zero-order valence-corrected chi connectivity index (χ0v) is 16.8. The average molecular weight is 403 g/mol. The van der Waals surface area contributed by atoms with E-state index in [1.807, 2.05) is 24.3 Å². The van der Waals surface area contributed by atoms with Crippen LogP contribution < -0.4 is 11.4 Å². The number of carbonyl (C=O) groups excluding carboxylic acids is 1. The third-order valence-corrected chi connectivity index (χ3v) is 4.87. The number of aromatic amines is 1. The Balaban J connectivity index is 1.98. The minimum Gasteiger partial charge on any atom is -0.508 e. The third-order valence-electron chi connectivity index (χ3n) is 4.87. The Morgan fingerprint density at radius 3 is 2.40 bits per heavy atom. The van der Waals surface area contributed by atoms with Crippen molar-refractivity contribution in [3.8, 4) is 22.8 Å². The summed E-state index contributed by atoms with van der Waals surface area (Å²) in [5.74, 6) is -0.590. The Morgan fingerprint density at radius 1 is 1.10 bits per heavy atom. The van der Waals surface area contributed by atoms with Crippen molar-refractivity contribution in [1.29, 1.82) is 0 Å². The molecule has 2 heterocycles. The number of benzene rings is 2. The van der Waals surface area contributed by atoms with Gasteiger partial charge in [0.1, 0.15) is 11.3 Å². The molecule has 2 aromatic carbocycles. The van der Waals surface area contributed by atoms with Crippen LogP contribution in [0.1, 0.15) is 36.8 Å². The SMILES string of the molecule is CC(C)(C)c1ccc(-n2c(=O)[nH]c3c(C(N)=O)nc(-c4cccc(O)c4)nc32)cc1. The number of nitrogens with one attached hydrogen (secondary N) is 1. The highest BCUT2D eigenvalue weighted by Crippen LogP contribution is 2.26. The van der Waals surface area contributed by atoms with E-state index >= 15 is 0 Å². The number of hydrogen-bond donors (Lipinski definition) is 3. The van der Waals surface area contributed by atoms with Crippen LogP contribution in [-0.4, -0.2) is 30.5 Å². The Morgan fingerprint density at radius 2 is 1.80 bits per heavy atom. The predicted molar refractivity (Wildman–Crippen MR) is 114 cm³/mol. The van der Waals surface area contributed by atoms with Gasteiger partial charge in [-0.2, -0.15) is 0 Å². The molecule has 0 saturated heterocycles. The van der Waals surface area contributed by atoms with Gasteiger partial charge in [-0.05, 0) is 35.2 Å². The minimum atomic E-state index is -0.791. The highest BCUT2D eigenvalue weighted by Gasteiger charge is 2.21. The first-order valence-electron chi connectivity index (χ1n) is 9.38. The quantitative estimate of drug-likeness (QED) is 0.485. The molecule has 0 saturated carbocycles. The van der Waals surface area contributed by atoms with Crippen LogP contribution >= 0.6 is 0 Å². The van der Waals surface area contributed by atoms with Gasteiger partial charge in [0.05, 0.1) is 5.69 Å². The zero-order valence-electron chi connectivity index (χ0n) is 16.8. The summed E-state index contributed by atoms with van der Waals surface area (Å²) in [6.45, 7) is 6.31. The van der Waals surface area contributed by atoms with Crippen molar-refractivity contribution in [3.05, 3.63) is 70.3 Å². The molecule has 0 bridgehead atoms. The second kappa shape index (κ2) is 6.84. The van der Waals surface area contributed by atoms with Gasteiger partial charge in [0.15, 0.2) is 17.2 Å². The highest BCUT2D eigenvalue weighted by molar-refractivity contribution is 6.02. The van der Waals surface area contributed by atoms with E-state index in [-0.39, 0.29) is 33.8 Å². The number of carbonyl (C=O) groups is 1. The Hall–Kier alpha value is -3.94. The van der Waals surface area contributed by atoms with Gasteiger partial charge in [0.2, 0.25) is 0 Å². The number of rotatable bonds is 3. The van der Waals surface area contributed by atoms with Crippen LogP contribution in [0.15, 0.2) is 53.3 Å². The molecule has 0 aliphatic rings. The molecule has 4 N–H and O–H groups in total. The van der Waals surface area contributed by atoms with Gasteiger partial charge in [-0.25, -0.2) is 19.3 Å². The summed E-state index contributed by atoms with van der Waals surface area (Å²) >= 11 is 0. The summed E-state index contributed by atoms with van der Waals surface area (Å²) in [5, 5.41) is 9.79. The van der Waals surface area contributed by atoms with E-state index in [1.54, 1.807) is 12.1 Å². The molecule has 8 nitrogen and oxygen atoms in total. The molecule has 4 rings (SSSR count). The molecule has 0 aliphatic heterocycles. The van der Waals surface area contributed by atoms with Crippen LogP contribution in [0.5, 0.6) is 5.75 Å². The van der Waals surface area contributed by atoms with Gasteiger partial charge < -0.3 is 15.8 Å². The monoisotopic (exact) mass is 403 g/mol. The van der Waals surface area contributed by atoms with Crippen LogP contribution in [-0.2, 0) is 5.41 Å². The number of nitrogens with zero attached hydrogens (tertiary/aromatic N) is 3. The van der Waals surface area contributed by atoms with Gasteiger partial charge in [-0.15, -0.1) is 0 Å². The molecule has 0 radical (unpaired) electrons. The van der Waals surface area contributed by atoms with E-state index in [1.165, 1.54) is 16.7 Å². The predicted octanol–water partition coefficient (Wildman–Crippen LogP) is 2.88. The van der Waals surface area contributed by atoms with Crippen LogP contribution in [0.3, 0.4) is 0 Å². The fraction of sp³-hybridized carbons (Fsp3) is 0.182. The van der Waals surface area contributed by atoms with Crippen molar-refractivity contribution in [2.24, 2.45) is 5.73 Å². The van der Waals surface area contributed by atoms with Gasteiger partial charge >= 0.3 is 5.69 Å². The molecule has 0 unspecified atom stereocenters. The minimum absolute atomic E-state index is 0.0288. The molecule has 30 heavy (non-hydrogen) atoms. The number of phenols is 1. The Kier molecular flexibility index (Phi) is 4.42. The zero-order chi connectivity index (χ0) is 21.6. The number of phenolic OH excluding ortho intramolecular Hbond substituents is 1. The van der Waals surface area contributed by atoms with E-state index in [4.69, 9.17) is 5.73 Å². The van der Waals surface area contributed by atoms with E-state index in [0.29, 0.717) is 11.3 Å². The highest BCUT2D eigenvalue weighted by atomic mass is 16.3. The number of fused-ring (bicyclic) bond motifs is 1. The fourth-order valence-corrected chi connectivity index (χ4v) is 3.29. The third kappa shape index (κ3) is 3.32. The standard InChI is InChI=1S/C22H21N5O3/c1-22(2,3)13-7-9-14(10-8-13)27-20-17(25-21(27)30)16(18(23)29)24-19(26-20)12-5-4-6-15(28)11-12/h4-11,28H,1-3H3,(H2,23,29)(H,25,30). The van der Waals surface area contributed by atoms with Crippen molar-refractivity contribution in [1.82, 2.24) is 19.5 Å². The van der Waals surface area contributed by atoms with Crippen LogP contribution in [0.2, 0.25) is 0 Å². The van der Waals surface area contributed by atoms with Gasteiger partial charge in [-0.1, -0.05) is 45.0 Å². The molecule has 0 aliphatic carbocycles. The number of nitrogens with two attached hydrogens (primary N) is 1. The lowest BCUT2D eigenvalue weighted by molar-refractivity contribution is 0.0997. The number of primary amides is 1. The molecular formula is C22H21N5O3. The van der Waals surface area contributed by atoms with Crippen LogP contribution in [0.4, 0.5) is 0 Å². The van der Waals surface area contributed by atoms with Crippen LogP contribution in [0.25, 0.3) is 28.2 Å². The van der Waals surface area contributed by atoms with Crippen molar-refractivity contribution >= 4 is 17.1 Å². The Bertz CT molecular complexity index is 1330. The Labute approximate surface area is 172 Å². The second-order valence-corrected chi connectivity index (χ2v) is 8.07. The molecule has 1 amide bonds. The number of H-pyrrole nitrogens is 1. The van der Waals surface area contributed by atoms with Crippen LogP contribution in [0, 0.1) is 0 Å². The maximum absolute atomic E-state index is 12.7. The number of aromatic nitrogens is 4. The van der Waals surface area contributed by atoms with Crippen molar-refractivity contribution in [2.45, 2.75) is 26.2 Å². The van der Waals surface area contributed by atoms with E-state index in [2.05, 4.69) is 35.7 Å². The topological polar surface area (TPSA) is 127 Å². The lowest BCUT2D eigenvalue weighted by atomic mass is 9.87. The first-order chi connectivity index (χ1) is 14.1. The van der Waals surface area contributed by atoms with E-state index < -0.39 is 11.6 Å². The lowest BCUT2D eigenvalue weighted by Crippen LogP contribution is -2.16. The molecular weight excluding hydrogens is 382 g/mol. The maximum Gasteiger partial charge on any atom is 0.332 e. The number of amides is 1. The summed E-state index contributed by atoms with van der Waals surface area (Å²) in [4.78, 5) is 36.1. The first-order valence-corrected chi connectivity index (χ1v) is 9.38. The summed E-state index contributed by atoms with van der Waals surface area (Å²) < 4.78 is 1.38. The summed E-state index contributed by atoms with van der Waals surface area (Å²) in [7, 11) is 0. The molecule has 4 aromatic rings. The van der Waals surface area contributed by atoms with E-state index in [9.17, 15) is 14.7 Å². The molecule has 152 valence electrons. The molecule has 8 heteroatoms. The van der Waals surface area contributed by atoms with Gasteiger partial charge in [-0.3, -0.25) is 4.79 Å². The van der Waals surface area contributed by atoms with Crippen molar-refractivity contribution in [3.63, 3.8) is 0 Å². The number of imidazole rings is 1. The smallest absolute Gasteiger partial charge is 0.332 e. The normalized spacial score (nSPS) is 11.7. The molecule has 0 spiro atoms. The fourth-order valence-electron chi connectivity index (χ4n) is 3.29. The molecule has 0 fully saturated rings. The second-order valence-electron chi connectivity index (χ2n) is 8.07. The molecule has 2 aromatic heterocycles. The summed E-state index contributed by atoms with van der Waals surface area (Å²) in [6.07, 6.45) is 0. The average Bonchev–Trinajstić information content (AvgIpc) is 3.02.